The minimum atomic E-state index is 0.344. The van der Waals surface area contributed by atoms with Crippen LogP contribution in [0.5, 0.6) is 5.75 Å². The van der Waals surface area contributed by atoms with Crippen LogP contribution in [0.4, 0.5) is 0 Å². The zero-order valence-electron chi connectivity index (χ0n) is 19.6. The van der Waals surface area contributed by atoms with Gasteiger partial charge in [0.05, 0.1) is 26.4 Å². The first kappa shape index (κ1) is 25.9. The highest BCUT2D eigenvalue weighted by molar-refractivity contribution is 5.51. The highest BCUT2D eigenvalue weighted by Gasteiger charge is 2.26. The van der Waals surface area contributed by atoms with E-state index in [1.165, 1.54) is 70.6 Å². The molecule has 1 N–H and O–H groups in total. The molecule has 31 heavy (non-hydrogen) atoms. The summed E-state index contributed by atoms with van der Waals surface area (Å²) < 4.78 is 15.1. The summed E-state index contributed by atoms with van der Waals surface area (Å²) in [5.41, 5.74) is 1.09. The SMILES string of the molecule is C(OCC1CO1)C1CO1.CCCCCCCCCCCCC/C=C/c1cccc(O)c1. The Morgan fingerprint density at radius 1 is 0.871 bits per heavy atom. The Morgan fingerprint density at radius 3 is 1.94 bits per heavy atom. The van der Waals surface area contributed by atoms with Crippen LogP contribution >= 0.6 is 0 Å². The molecule has 2 aliphatic rings. The number of allylic oxidation sites excluding steroid dienone is 1. The molecule has 0 saturated carbocycles. The van der Waals surface area contributed by atoms with E-state index >= 15 is 0 Å². The Morgan fingerprint density at radius 2 is 1.42 bits per heavy atom. The number of hydrogen-bond acceptors (Lipinski definition) is 4. The van der Waals surface area contributed by atoms with Crippen LogP contribution in [0.25, 0.3) is 6.08 Å². The lowest BCUT2D eigenvalue weighted by Crippen LogP contribution is -2.06. The molecule has 2 unspecified atom stereocenters. The molecule has 4 nitrogen and oxygen atoms in total. The van der Waals surface area contributed by atoms with Gasteiger partial charge in [0.15, 0.2) is 0 Å². The van der Waals surface area contributed by atoms with Crippen LogP contribution in [-0.2, 0) is 14.2 Å². The Bertz CT molecular complexity index is 566. The third-order valence-corrected chi connectivity index (χ3v) is 5.57. The van der Waals surface area contributed by atoms with E-state index in [-0.39, 0.29) is 0 Å². The monoisotopic (exact) mass is 432 g/mol. The average Bonchev–Trinajstić information content (AvgIpc) is 3.68. The normalized spacial score (nSPS) is 19.3. The highest BCUT2D eigenvalue weighted by Crippen LogP contribution is 2.15. The molecule has 0 aliphatic carbocycles. The van der Waals surface area contributed by atoms with Crippen molar-refractivity contribution in [3.63, 3.8) is 0 Å². The van der Waals surface area contributed by atoms with Gasteiger partial charge in [-0.2, -0.15) is 0 Å². The lowest BCUT2D eigenvalue weighted by atomic mass is 10.1. The van der Waals surface area contributed by atoms with E-state index in [1.54, 1.807) is 12.1 Å². The van der Waals surface area contributed by atoms with E-state index in [4.69, 9.17) is 14.2 Å². The van der Waals surface area contributed by atoms with E-state index in [1.807, 2.05) is 12.1 Å². The van der Waals surface area contributed by atoms with Crippen LogP contribution < -0.4 is 0 Å². The first-order valence-corrected chi connectivity index (χ1v) is 12.5. The van der Waals surface area contributed by atoms with E-state index in [0.717, 1.165) is 38.4 Å². The van der Waals surface area contributed by atoms with Gasteiger partial charge in [0.1, 0.15) is 18.0 Å². The lowest BCUT2D eigenvalue weighted by molar-refractivity contribution is 0.102. The molecule has 176 valence electrons. The van der Waals surface area contributed by atoms with Gasteiger partial charge in [-0.3, -0.25) is 0 Å². The predicted molar refractivity (Wildman–Crippen MR) is 129 cm³/mol. The minimum absolute atomic E-state index is 0.344. The van der Waals surface area contributed by atoms with Gasteiger partial charge in [-0.15, -0.1) is 0 Å². The summed E-state index contributed by atoms with van der Waals surface area (Å²) >= 11 is 0. The van der Waals surface area contributed by atoms with Gasteiger partial charge in [-0.1, -0.05) is 95.4 Å². The number of benzene rings is 1. The second-order valence-electron chi connectivity index (χ2n) is 8.77. The average molecular weight is 433 g/mol. The molecule has 2 aliphatic heterocycles. The van der Waals surface area contributed by atoms with Crippen LogP contribution in [0.15, 0.2) is 30.3 Å². The fraction of sp³-hybridized carbons (Fsp3) is 0.704. The molecule has 0 radical (unpaired) electrons. The molecule has 4 heteroatoms. The number of unbranched alkanes of at least 4 members (excludes halogenated alkanes) is 11. The van der Waals surface area contributed by atoms with Crippen LogP contribution in [0, 0.1) is 0 Å². The number of rotatable bonds is 17. The third-order valence-electron chi connectivity index (χ3n) is 5.57. The summed E-state index contributed by atoms with van der Waals surface area (Å²) in [5, 5.41) is 9.38. The van der Waals surface area contributed by atoms with Gasteiger partial charge in [-0.25, -0.2) is 0 Å². The fourth-order valence-electron chi connectivity index (χ4n) is 3.43. The standard InChI is InChI=1S/C21H34O.C6H10O3/c1-2-3-4-5-6-7-8-9-10-11-12-13-14-16-20-17-15-18-21(22)19-20;1(5-3-8-5)7-2-6-4-9-6/h14-19,22H,2-13H2,1H3;5-6H,1-4H2/b16-14+;. The zero-order chi connectivity index (χ0) is 22.0. The van der Waals surface area contributed by atoms with Crippen molar-refractivity contribution in [1.82, 2.24) is 0 Å². The molecule has 1 aromatic rings. The van der Waals surface area contributed by atoms with Crippen LogP contribution in [-0.4, -0.2) is 43.7 Å². The predicted octanol–water partition coefficient (Wildman–Crippen LogP) is 6.91. The summed E-state index contributed by atoms with van der Waals surface area (Å²) in [6, 6.07) is 7.42. The molecule has 2 heterocycles. The Labute approximate surface area is 190 Å². The van der Waals surface area contributed by atoms with Crippen molar-refractivity contribution in [3.05, 3.63) is 35.9 Å². The summed E-state index contributed by atoms with van der Waals surface area (Å²) in [7, 11) is 0. The summed E-state index contributed by atoms with van der Waals surface area (Å²) in [6.07, 6.45) is 21.6. The molecule has 2 atom stereocenters. The maximum absolute atomic E-state index is 9.38. The van der Waals surface area contributed by atoms with E-state index in [9.17, 15) is 5.11 Å². The topological polar surface area (TPSA) is 54.5 Å². The first-order valence-electron chi connectivity index (χ1n) is 12.5. The minimum Gasteiger partial charge on any atom is -0.508 e. The molecular formula is C27H44O4. The number of hydrogen-bond donors (Lipinski definition) is 1. The molecule has 2 saturated heterocycles. The van der Waals surface area contributed by atoms with Crippen molar-refractivity contribution in [2.45, 2.75) is 96.2 Å². The first-order chi connectivity index (χ1) is 15.3. The Balaban J connectivity index is 0.000000309. The molecule has 0 bridgehead atoms. The van der Waals surface area contributed by atoms with Crippen molar-refractivity contribution >= 4 is 6.08 Å². The Hall–Kier alpha value is -1.36. The van der Waals surface area contributed by atoms with Gasteiger partial charge in [0.25, 0.3) is 0 Å². The highest BCUT2D eigenvalue weighted by atomic mass is 16.6. The van der Waals surface area contributed by atoms with Crippen LogP contribution in [0.2, 0.25) is 0 Å². The Kier molecular flexibility index (Phi) is 14.4. The van der Waals surface area contributed by atoms with Crippen molar-refractivity contribution in [3.8, 4) is 5.75 Å². The fourth-order valence-corrected chi connectivity index (χ4v) is 3.43. The van der Waals surface area contributed by atoms with E-state index in [0.29, 0.717) is 18.0 Å². The quantitative estimate of drug-likeness (QED) is 0.215. The lowest BCUT2D eigenvalue weighted by Gasteiger charge is -2.01. The maximum atomic E-state index is 9.38. The van der Waals surface area contributed by atoms with Gasteiger partial charge >= 0.3 is 0 Å². The molecular weight excluding hydrogens is 388 g/mol. The third kappa shape index (κ3) is 16.0. The number of phenolic OH excluding ortho intramolecular Hbond substituents is 1. The smallest absolute Gasteiger partial charge is 0.116 e. The molecule has 1 aromatic carbocycles. The van der Waals surface area contributed by atoms with Gasteiger partial charge in [-0.05, 0) is 30.5 Å². The second kappa shape index (κ2) is 17.2. The van der Waals surface area contributed by atoms with Crippen molar-refractivity contribution < 1.29 is 19.3 Å². The second-order valence-corrected chi connectivity index (χ2v) is 8.77. The molecule has 2 fully saturated rings. The van der Waals surface area contributed by atoms with E-state index < -0.39 is 0 Å². The summed E-state index contributed by atoms with van der Waals surface area (Å²) in [5.74, 6) is 0.344. The van der Waals surface area contributed by atoms with E-state index in [2.05, 4.69) is 19.1 Å². The zero-order valence-corrected chi connectivity index (χ0v) is 19.6. The van der Waals surface area contributed by atoms with Gasteiger partial charge in [0, 0.05) is 0 Å². The maximum Gasteiger partial charge on any atom is 0.116 e. The number of ether oxygens (including phenoxy) is 3. The van der Waals surface area contributed by atoms with Crippen molar-refractivity contribution in [1.29, 1.82) is 0 Å². The van der Waals surface area contributed by atoms with Crippen molar-refractivity contribution in [2.75, 3.05) is 26.4 Å². The van der Waals surface area contributed by atoms with Gasteiger partial charge < -0.3 is 19.3 Å². The molecule has 0 amide bonds. The molecule has 3 rings (SSSR count). The van der Waals surface area contributed by atoms with Crippen LogP contribution in [0.1, 0.15) is 89.5 Å². The largest absolute Gasteiger partial charge is 0.508 e. The van der Waals surface area contributed by atoms with Gasteiger partial charge in [0.2, 0.25) is 0 Å². The molecule has 0 spiro atoms. The molecule has 0 aromatic heterocycles. The summed E-state index contributed by atoms with van der Waals surface area (Å²) in [6.45, 7) is 5.54. The number of epoxide rings is 2. The summed E-state index contributed by atoms with van der Waals surface area (Å²) in [4.78, 5) is 0. The van der Waals surface area contributed by atoms with Crippen LogP contribution in [0.3, 0.4) is 0 Å². The van der Waals surface area contributed by atoms with Crippen molar-refractivity contribution in [2.24, 2.45) is 0 Å². The number of aromatic hydroxyl groups is 1. The number of phenols is 1.